The second-order valence-electron chi connectivity index (χ2n) is 5.71. The summed E-state index contributed by atoms with van der Waals surface area (Å²) in [5.74, 6) is -1.04. The maximum Gasteiger partial charge on any atom is 0.267 e. The van der Waals surface area contributed by atoms with Crippen LogP contribution in [0.4, 0.5) is 4.39 Å². The second kappa shape index (κ2) is 5.87. The summed E-state index contributed by atoms with van der Waals surface area (Å²) < 4.78 is 40.3. The van der Waals surface area contributed by atoms with Crippen molar-refractivity contribution in [1.29, 1.82) is 0 Å². The molecule has 2 aromatic rings. The number of aryl methyl sites for hydroxylation is 1. The van der Waals surface area contributed by atoms with E-state index in [1.807, 2.05) is 6.92 Å². The van der Waals surface area contributed by atoms with Gasteiger partial charge in [-0.05, 0) is 42.3 Å². The Hall–Kier alpha value is -2.47. The normalized spacial score (nSPS) is 17.5. The molecule has 1 heterocycles. The maximum atomic E-state index is 13.6. The van der Waals surface area contributed by atoms with Crippen molar-refractivity contribution >= 4 is 15.9 Å². The SMILES string of the molecule is C=CC1c2cc(F)ccc2CC(=O)N1S(=O)(=O)c1ccc(C)cc1. The number of hydrogen-bond donors (Lipinski definition) is 0. The number of rotatable bonds is 3. The third-order valence-electron chi connectivity index (χ3n) is 4.07. The predicted molar refractivity (Wildman–Crippen MR) is 88.3 cm³/mol. The van der Waals surface area contributed by atoms with Crippen molar-refractivity contribution in [2.45, 2.75) is 24.3 Å². The van der Waals surface area contributed by atoms with Crippen molar-refractivity contribution < 1.29 is 17.6 Å². The molecule has 0 fully saturated rings. The van der Waals surface area contributed by atoms with E-state index in [1.165, 1.54) is 36.4 Å². The highest BCUT2D eigenvalue weighted by Crippen LogP contribution is 2.36. The highest BCUT2D eigenvalue weighted by atomic mass is 32.2. The lowest BCUT2D eigenvalue weighted by atomic mass is 9.94. The van der Waals surface area contributed by atoms with Crippen LogP contribution in [0.2, 0.25) is 0 Å². The number of sulfonamides is 1. The van der Waals surface area contributed by atoms with Crippen molar-refractivity contribution in [2.24, 2.45) is 0 Å². The summed E-state index contributed by atoms with van der Waals surface area (Å²) in [6.07, 6.45) is 1.26. The zero-order valence-corrected chi connectivity index (χ0v) is 13.9. The largest absolute Gasteiger partial charge is 0.273 e. The Morgan fingerprint density at radius 1 is 1.21 bits per heavy atom. The van der Waals surface area contributed by atoms with Gasteiger partial charge in [0.25, 0.3) is 10.0 Å². The second-order valence-corrected chi connectivity index (χ2v) is 7.52. The van der Waals surface area contributed by atoms with Gasteiger partial charge in [-0.25, -0.2) is 17.1 Å². The molecule has 1 aliphatic heterocycles. The molecule has 0 aromatic heterocycles. The van der Waals surface area contributed by atoms with E-state index in [2.05, 4.69) is 6.58 Å². The van der Waals surface area contributed by atoms with Crippen LogP contribution in [0.3, 0.4) is 0 Å². The van der Waals surface area contributed by atoms with E-state index in [0.29, 0.717) is 11.1 Å². The molecule has 0 saturated carbocycles. The van der Waals surface area contributed by atoms with E-state index in [9.17, 15) is 17.6 Å². The Morgan fingerprint density at radius 2 is 1.88 bits per heavy atom. The maximum absolute atomic E-state index is 13.6. The molecule has 1 unspecified atom stereocenters. The Kier molecular flexibility index (Phi) is 4.01. The number of hydrogen-bond acceptors (Lipinski definition) is 3. The number of nitrogens with zero attached hydrogens (tertiary/aromatic N) is 1. The van der Waals surface area contributed by atoms with Gasteiger partial charge < -0.3 is 0 Å². The first-order chi connectivity index (χ1) is 11.3. The molecule has 2 aromatic carbocycles. The smallest absolute Gasteiger partial charge is 0.267 e. The minimum absolute atomic E-state index is 0.0214. The summed E-state index contributed by atoms with van der Waals surface area (Å²) in [5, 5.41) is 0. The van der Waals surface area contributed by atoms with Crippen LogP contribution < -0.4 is 0 Å². The van der Waals surface area contributed by atoms with E-state index >= 15 is 0 Å². The van der Waals surface area contributed by atoms with Gasteiger partial charge in [0.05, 0.1) is 17.4 Å². The van der Waals surface area contributed by atoms with Gasteiger partial charge in [-0.15, -0.1) is 6.58 Å². The highest BCUT2D eigenvalue weighted by molar-refractivity contribution is 7.89. The Labute approximate surface area is 140 Å². The van der Waals surface area contributed by atoms with Crippen LogP contribution in [-0.2, 0) is 21.2 Å². The quantitative estimate of drug-likeness (QED) is 0.803. The molecule has 3 rings (SSSR count). The van der Waals surface area contributed by atoms with Gasteiger partial charge in [-0.1, -0.05) is 29.8 Å². The van der Waals surface area contributed by atoms with Gasteiger partial charge in [-0.2, -0.15) is 0 Å². The summed E-state index contributed by atoms with van der Waals surface area (Å²) >= 11 is 0. The molecule has 0 bridgehead atoms. The number of benzene rings is 2. The number of carbonyl (C=O) groups is 1. The molecule has 24 heavy (non-hydrogen) atoms. The lowest BCUT2D eigenvalue weighted by molar-refractivity contribution is -0.127. The summed E-state index contributed by atoms with van der Waals surface area (Å²) in [5.41, 5.74) is 1.97. The average molecular weight is 345 g/mol. The van der Waals surface area contributed by atoms with Crippen molar-refractivity contribution in [3.8, 4) is 0 Å². The van der Waals surface area contributed by atoms with Gasteiger partial charge in [-0.3, -0.25) is 4.79 Å². The third kappa shape index (κ3) is 2.63. The van der Waals surface area contributed by atoms with Crippen molar-refractivity contribution in [1.82, 2.24) is 4.31 Å². The zero-order chi connectivity index (χ0) is 17.5. The molecule has 1 aliphatic rings. The molecular formula is C18H16FNO3S. The van der Waals surface area contributed by atoms with E-state index < -0.39 is 27.8 Å². The molecule has 1 amide bonds. The number of fused-ring (bicyclic) bond motifs is 1. The molecule has 4 nitrogen and oxygen atoms in total. The minimum Gasteiger partial charge on any atom is -0.273 e. The Balaban J connectivity index is 2.14. The standard InChI is InChI=1S/C18H16FNO3S/c1-3-17-16-11-14(19)7-6-13(16)10-18(21)20(17)24(22,23)15-8-4-12(2)5-9-15/h3-9,11,17H,1,10H2,2H3. The number of amides is 1. The summed E-state index contributed by atoms with van der Waals surface area (Å²) in [4.78, 5) is 12.5. The van der Waals surface area contributed by atoms with Crippen LogP contribution >= 0.6 is 0 Å². The highest BCUT2D eigenvalue weighted by Gasteiger charge is 2.39. The first-order valence-electron chi connectivity index (χ1n) is 7.39. The minimum atomic E-state index is -4.05. The molecule has 0 saturated heterocycles. The van der Waals surface area contributed by atoms with Crippen LogP contribution in [0.25, 0.3) is 0 Å². The van der Waals surface area contributed by atoms with Crippen LogP contribution in [0.5, 0.6) is 0 Å². The molecule has 0 aliphatic carbocycles. The Bertz CT molecular complexity index is 920. The topological polar surface area (TPSA) is 54.5 Å². The molecule has 0 spiro atoms. The van der Waals surface area contributed by atoms with Crippen molar-refractivity contribution in [3.63, 3.8) is 0 Å². The monoisotopic (exact) mass is 345 g/mol. The summed E-state index contributed by atoms with van der Waals surface area (Å²) in [6.45, 7) is 5.48. The predicted octanol–water partition coefficient (Wildman–Crippen LogP) is 3.13. The van der Waals surface area contributed by atoms with Crippen molar-refractivity contribution in [2.75, 3.05) is 0 Å². The fourth-order valence-corrected chi connectivity index (χ4v) is 4.39. The van der Waals surface area contributed by atoms with E-state index in [0.717, 1.165) is 9.87 Å². The van der Waals surface area contributed by atoms with Crippen molar-refractivity contribution in [3.05, 3.63) is 77.6 Å². The van der Waals surface area contributed by atoms with E-state index in [4.69, 9.17) is 0 Å². The third-order valence-corrected chi connectivity index (χ3v) is 5.88. The van der Waals surface area contributed by atoms with E-state index in [-0.39, 0.29) is 11.3 Å². The first kappa shape index (κ1) is 16.4. The van der Waals surface area contributed by atoms with Gasteiger partial charge >= 0.3 is 0 Å². The molecule has 0 N–H and O–H groups in total. The summed E-state index contributed by atoms with van der Waals surface area (Å²) in [6, 6.07) is 9.34. The molecule has 1 atom stereocenters. The van der Waals surface area contributed by atoms with Gasteiger partial charge in [0, 0.05) is 0 Å². The number of halogens is 1. The fraction of sp³-hybridized carbons (Fsp3) is 0.167. The zero-order valence-electron chi connectivity index (χ0n) is 13.1. The van der Waals surface area contributed by atoms with Crippen LogP contribution in [0.15, 0.2) is 60.0 Å². The van der Waals surface area contributed by atoms with Gasteiger partial charge in [0.2, 0.25) is 5.91 Å². The number of carbonyl (C=O) groups excluding carboxylic acids is 1. The molecule has 124 valence electrons. The molecule has 0 radical (unpaired) electrons. The average Bonchev–Trinajstić information content (AvgIpc) is 2.54. The van der Waals surface area contributed by atoms with Crippen LogP contribution in [-0.4, -0.2) is 18.6 Å². The Morgan fingerprint density at radius 3 is 2.50 bits per heavy atom. The molecule has 6 heteroatoms. The van der Waals surface area contributed by atoms with Crippen LogP contribution in [0, 0.1) is 12.7 Å². The lowest BCUT2D eigenvalue weighted by Crippen LogP contribution is -2.43. The fourth-order valence-electron chi connectivity index (χ4n) is 2.85. The molecular weight excluding hydrogens is 329 g/mol. The lowest BCUT2D eigenvalue weighted by Gasteiger charge is -2.34. The first-order valence-corrected chi connectivity index (χ1v) is 8.83. The van der Waals surface area contributed by atoms with E-state index in [1.54, 1.807) is 12.1 Å². The van der Waals surface area contributed by atoms with Crippen LogP contribution in [0.1, 0.15) is 22.7 Å². The van der Waals surface area contributed by atoms with Gasteiger partial charge in [0.15, 0.2) is 0 Å². The summed E-state index contributed by atoms with van der Waals surface area (Å²) in [7, 11) is -4.05. The van der Waals surface area contributed by atoms with Gasteiger partial charge in [0.1, 0.15) is 5.82 Å².